The molecule has 0 saturated carbocycles. The fourth-order valence-corrected chi connectivity index (χ4v) is 1.57. The highest BCUT2D eigenvalue weighted by atomic mass is 16.5. The first kappa shape index (κ1) is 9.97. The van der Waals surface area contributed by atoms with Gasteiger partial charge in [-0.3, -0.25) is 0 Å². The molecule has 1 aliphatic heterocycles. The predicted octanol–water partition coefficient (Wildman–Crippen LogP) is 0.270. The van der Waals surface area contributed by atoms with Crippen molar-refractivity contribution in [3.8, 4) is 11.8 Å². The van der Waals surface area contributed by atoms with E-state index >= 15 is 0 Å². The molecule has 0 bridgehead atoms. The molecule has 0 amide bonds. The van der Waals surface area contributed by atoms with Crippen molar-refractivity contribution in [3.05, 3.63) is 29.8 Å². The zero-order valence-corrected chi connectivity index (χ0v) is 8.18. The van der Waals surface area contributed by atoms with Gasteiger partial charge in [-0.05, 0) is 18.2 Å². The Balaban J connectivity index is 2.07. The van der Waals surface area contributed by atoms with E-state index in [1.54, 1.807) is 24.3 Å². The first-order chi connectivity index (χ1) is 7.29. The van der Waals surface area contributed by atoms with Crippen LogP contribution in [-0.2, 0) is 0 Å². The topological polar surface area (TPSA) is 65.3 Å². The average Bonchev–Trinajstić information content (AvgIpc) is 2.65. The lowest BCUT2D eigenvalue weighted by Crippen LogP contribution is -2.29. The van der Waals surface area contributed by atoms with Gasteiger partial charge in [0, 0.05) is 13.1 Å². The molecule has 4 nitrogen and oxygen atoms in total. The summed E-state index contributed by atoms with van der Waals surface area (Å²) in [5.74, 6) is 0.627. The van der Waals surface area contributed by atoms with Crippen LogP contribution in [0.2, 0.25) is 0 Å². The minimum absolute atomic E-state index is 0.223. The number of β-amino-alcohol motifs (C(OH)–C–C–N with tert-alkyl or cyclic N) is 1. The number of nitrogens with zero attached hydrogens (tertiary/aromatic N) is 1. The van der Waals surface area contributed by atoms with E-state index in [1.807, 2.05) is 6.07 Å². The van der Waals surface area contributed by atoms with Crippen molar-refractivity contribution < 1.29 is 9.84 Å². The van der Waals surface area contributed by atoms with E-state index in [4.69, 9.17) is 10.00 Å². The molecular weight excluding hydrogens is 192 g/mol. The molecule has 1 fully saturated rings. The van der Waals surface area contributed by atoms with E-state index in [0.29, 0.717) is 24.4 Å². The van der Waals surface area contributed by atoms with E-state index in [-0.39, 0.29) is 6.10 Å². The summed E-state index contributed by atoms with van der Waals surface area (Å²) in [6, 6.07) is 8.99. The van der Waals surface area contributed by atoms with Gasteiger partial charge in [0.2, 0.25) is 0 Å². The molecule has 1 saturated heterocycles. The highest BCUT2D eigenvalue weighted by Gasteiger charge is 2.26. The highest BCUT2D eigenvalue weighted by Crippen LogP contribution is 2.16. The maximum atomic E-state index is 9.52. The van der Waals surface area contributed by atoms with E-state index in [2.05, 4.69) is 5.32 Å². The summed E-state index contributed by atoms with van der Waals surface area (Å²) in [5.41, 5.74) is 0.563. The van der Waals surface area contributed by atoms with Gasteiger partial charge in [0.15, 0.2) is 0 Å². The standard InChI is InChI=1S/C11H12N2O2/c12-5-8-2-1-3-9(4-8)15-11-7-13-6-10(11)14/h1-4,10-11,13-14H,6-7H2. The second-order valence-electron chi connectivity index (χ2n) is 3.52. The van der Waals surface area contributed by atoms with Crippen LogP contribution >= 0.6 is 0 Å². The fourth-order valence-electron chi connectivity index (χ4n) is 1.57. The lowest BCUT2D eigenvalue weighted by molar-refractivity contribution is 0.0737. The second kappa shape index (κ2) is 4.30. The van der Waals surface area contributed by atoms with Crippen LogP contribution in [0.3, 0.4) is 0 Å². The molecule has 1 aromatic carbocycles. The molecule has 2 rings (SSSR count). The maximum Gasteiger partial charge on any atom is 0.138 e. The summed E-state index contributed by atoms with van der Waals surface area (Å²) in [4.78, 5) is 0. The normalized spacial score (nSPS) is 24.8. The summed E-state index contributed by atoms with van der Waals surface area (Å²) in [6.07, 6.45) is -0.699. The quantitative estimate of drug-likeness (QED) is 0.725. The van der Waals surface area contributed by atoms with Gasteiger partial charge in [-0.2, -0.15) is 5.26 Å². The van der Waals surface area contributed by atoms with Crippen LogP contribution in [0, 0.1) is 11.3 Å². The van der Waals surface area contributed by atoms with E-state index in [0.717, 1.165) is 0 Å². The van der Waals surface area contributed by atoms with E-state index in [9.17, 15) is 5.11 Å². The maximum absolute atomic E-state index is 9.52. The predicted molar refractivity (Wildman–Crippen MR) is 54.4 cm³/mol. The largest absolute Gasteiger partial charge is 0.486 e. The fraction of sp³-hybridized carbons (Fsp3) is 0.364. The SMILES string of the molecule is N#Cc1cccc(OC2CNCC2O)c1. The molecule has 1 aliphatic rings. The molecule has 15 heavy (non-hydrogen) atoms. The van der Waals surface area contributed by atoms with E-state index in [1.165, 1.54) is 0 Å². The first-order valence-corrected chi connectivity index (χ1v) is 4.85. The summed E-state index contributed by atoms with van der Waals surface area (Å²) < 4.78 is 5.57. The molecule has 0 spiro atoms. The molecule has 0 aliphatic carbocycles. The van der Waals surface area contributed by atoms with Crippen LogP contribution in [0.1, 0.15) is 5.56 Å². The van der Waals surface area contributed by atoms with Crippen LogP contribution in [-0.4, -0.2) is 30.4 Å². The summed E-state index contributed by atoms with van der Waals surface area (Å²) in [5, 5.41) is 21.3. The van der Waals surface area contributed by atoms with Crippen molar-refractivity contribution in [3.63, 3.8) is 0 Å². The Labute approximate surface area is 88.1 Å². The van der Waals surface area contributed by atoms with Crippen LogP contribution in [0.5, 0.6) is 5.75 Å². The van der Waals surface area contributed by atoms with Gasteiger partial charge in [0.1, 0.15) is 18.0 Å². The molecule has 0 aromatic heterocycles. The number of nitriles is 1. The van der Waals surface area contributed by atoms with Crippen LogP contribution in [0.15, 0.2) is 24.3 Å². The molecular formula is C11H12N2O2. The van der Waals surface area contributed by atoms with Gasteiger partial charge in [-0.15, -0.1) is 0 Å². The number of rotatable bonds is 2. The zero-order valence-electron chi connectivity index (χ0n) is 8.18. The number of aliphatic hydroxyl groups is 1. The molecule has 2 N–H and O–H groups in total. The van der Waals surface area contributed by atoms with Gasteiger partial charge in [0.25, 0.3) is 0 Å². The number of benzene rings is 1. The lowest BCUT2D eigenvalue weighted by atomic mass is 10.2. The van der Waals surface area contributed by atoms with Crippen LogP contribution < -0.4 is 10.1 Å². The smallest absolute Gasteiger partial charge is 0.138 e. The van der Waals surface area contributed by atoms with Gasteiger partial charge in [-0.25, -0.2) is 0 Å². The minimum atomic E-state index is -0.476. The summed E-state index contributed by atoms with van der Waals surface area (Å²) in [7, 11) is 0. The number of hydrogen-bond donors (Lipinski definition) is 2. The number of nitrogens with one attached hydrogen (secondary N) is 1. The third-order valence-corrected chi connectivity index (χ3v) is 2.38. The second-order valence-corrected chi connectivity index (χ2v) is 3.52. The average molecular weight is 204 g/mol. The van der Waals surface area contributed by atoms with Crippen molar-refractivity contribution in [2.24, 2.45) is 0 Å². The first-order valence-electron chi connectivity index (χ1n) is 4.85. The zero-order chi connectivity index (χ0) is 10.7. The van der Waals surface area contributed by atoms with Crippen molar-refractivity contribution >= 4 is 0 Å². The Kier molecular flexibility index (Phi) is 2.86. The molecule has 4 heteroatoms. The van der Waals surface area contributed by atoms with Crippen molar-refractivity contribution in [1.82, 2.24) is 5.32 Å². The molecule has 78 valence electrons. The Morgan fingerprint density at radius 1 is 1.47 bits per heavy atom. The Morgan fingerprint density at radius 3 is 3.00 bits per heavy atom. The van der Waals surface area contributed by atoms with Gasteiger partial charge >= 0.3 is 0 Å². The number of hydrogen-bond acceptors (Lipinski definition) is 4. The third-order valence-electron chi connectivity index (χ3n) is 2.38. The third kappa shape index (κ3) is 2.27. The van der Waals surface area contributed by atoms with Crippen LogP contribution in [0.4, 0.5) is 0 Å². The van der Waals surface area contributed by atoms with Gasteiger partial charge < -0.3 is 15.2 Å². The number of aliphatic hydroxyl groups excluding tert-OH is 1. The lowest BCUT2D eigenvalue weighted by Gasteiger charge is -2.15. The highest BCUT2D eigenvalue weighted by molar-refractivity contribution is 5.36. The monoisotopic (exact) mass is 204 g/mol. The van der Waals surface area contributed by atoms with Crippen molar-refractivity contribution in [1.29, 1.82) is 5.26 Å². The molecule has 1 aromatic rings. The Hall–Kier alpha value is -1.57. The molecule has 0 radical (unpaired) electrons. The van der Waals surface area contributed by atoms with Gasteiger partial charge in [0.05, 0.1) is 11.6 Å². The van der Waals surface area contributed by atoms with Crippen LogP contribution in [0.25, 0.3) is 0 Å². The number of ether oxygens (including phenoxy) is 1. The Bertz CT molecular complexity index is 386. The summed E-state index contributed by atoms with van der Waals surface area (Å²) >= 11 is 0. The minimum Gasteiger partial charge on any atom is -0.486 e. The van der Waals surface area contributed by atoms with Crippen molar-refractivity contribution in [2.75, 3.05) is 13.1 Å². The molecule has 2 unspecified atom stereocenters. The van der Waals surface area contributed by atoms with Crippen molar-refractivity contribution in [2.45, 2.75) is 12.2 Å². The summed E-state index contributed by atoms with van der Waals surface area (Å²) in [6.45, 7) is 1.19. The van der Waals surface area contributed by atoms with Gasteiger partial charge in [-0.1, -0.05) is 6.07 Å². The Morgan fingerprint density at radius 2 is 2.33 bits per heavy atom. The van der Waals surface area contributed by atoms with E-state index < -0.39 is 6.10 Å². The molecule has 2 atom stereocenters. The molecule has 1 heterocycles.